The largest absolute Gasteiger partial charge is 0.420 e. The van der Waals surface area contributed by atoms with E-state index in [0.29, 0.717) is 11.8 Å². The Labute approximate surface area is 178 Å². The van der Waals surface area contributed by atoms with Crippen molar-refractivity contribution < 1.29 is 4.42 Å². The predicted molar refractivity (Wildman–Crippen MR) is 118 cm³/mol. The van der Waals surface area contributed by atoms with E-state index in [4.69, 9.17) is 4.42 Å². The Morgan fingerprint density at radius 1 is 1.06 bits per heavy atom. The van der Waals surface area contributed by atoms with Gasteiger partial charge in [-0.25, -0.2) is 9.50 Å². The fraction of sp³-hybridized carbons (Fsp3) is 0.304. The van der Waals surface area contributed by atoms with Gasteiger partial charge in [0.25, 0.3) is 0 Å². The zero-order valence-corrected chi connectivity index (χ0v) is 17.5. The smallest absolute Gasteiger partial charge is 0.247 e. The van der Waals surface area contributed by atoms with Crippen LogP contribution in [-0.2, 0) is 0 Å². The minimum atomic E-state index is 0.348. The van der Waals surface area contributed by atoms with Crippen molar-refractivity contribution in [3.8, 4) is 22.7 Å². The van der Waals surface area contributed by atoms with Crippen molar-refractivity contribution in [3.63, 3.8) is 0 Å². The molecule has 1 aliphatic rings. The molecule has 8 nitrogen and oxygen atoms in total. The van der Waals surface area contributed by atoms with E-state index in [1.54, 1.807) is 6.33 Å². The maximum atomic E-state index is 6.05. The summed E-state index contributed by atoms with van der Waals surface area (Å²) in [6, 6.07) is 8.41. The minimum absolute atomic E-state index is 0.348. The number of fused-ring (bicyclic) bond motifs is 2. The lowest BCUT2D eigenvalue weighted by Crippen LogP contribution is -2.26. The zero-order chi connectivity index (χ0) is 20.9. The Morgan fingerprint density at radius 3 is 2.81 bits per heavy atom. The minimum Gasteiger partial charge on any atom is -0.420 e. The molecule has 0 bridgehead atoms. The number of pyridine rings is 1. The molecule has 4 aromatic heterocycles. The summed E-state index contributed by atoms with van der Waals surface area (Å²) in [5.74, 6) is 1.67. The van der Waals surface area contributed by atoms with Gasteiger partial charge in [-0.2, -0.15) is 5.10 Å². The highest BCUT2D eigenvalue weighted by atomic mass is 16.4. The van der Waals surface area contributed by atoms with E-state index in [1.807, 2.05) is 10.7 Å². The van der Waals surface area contributed by atoms with Crippen LogP contribution in [0.2, 0.25) is 0 Å². The first-order chi connectivity index (χ1) is 15.2. The van der Waals surface area contributed by atoms with E-state index >= 15 is 0 Å². The molecule has 5 heterocycles. The number of aryl methyl sites for hydroxylation is 2. The van der Waals surface area contributed by atoms with E-state index in [9.17, 15) is 0 Å². The highest BCUT2D eigenvalue weighted by Crippen LogP contribution is 2.33. The number of aromatic amines is 1. The summed E-state index contributed by atoms with van der Waals surface area (Å²) < 4.78 is 7.87. The van der Waals surface area contributed by atoms with Crippen molar-refractivity contribution in [1.29, 1.82) is 0 Å². The van der Waals surface area contributed by atoms with Crippen molar-refractivity contribution in [2.75, 3.05) is 13.1 Å². The molecule has 31 heavy (non-hydrogen) atoms. The quantitative estimate of drug-likeness (QED) is 0.464. The van der Waals surface area contributed by atoms with Gasteiger partial charge in [0.15, 0.2) is 5.65 Å². The van der Waals surface area contributed by atoms with Crippen LogP contribution in [0, 0.1) is 13.8 Å². The van der Waals surface area contributed by atoms with Crippen molar-refractivity contribution in [1.82, 2.24) is 35.1 Å². The van der Waals surface area contributed by atoms with Crippen molar-refractivity contribution in [2.24, 2.45) is 0 Å². The number of piperidine rings is 1. The van der Waals surface area contributed by atoms with Crippen LogP contribution in [0.1, 0.15) is 35.8 Å². The number of nitrogens with one attached hydrogen (secondary N) is 2. The van der Waals surface area contributed by atoms with Crippen LogP contribution >= 0.6 is 0 Å². The van der Waals surface area contributed by atoms with Crippen LogP contribution in [0.4, 0.5) is 0 Å². The summed E-state index contributed by atoms with van der Waals surface area (Å²) in [5, 5.41) is 17.5. The predicted octanol–water partition coefficient (Wildman–Crippen LogP) is 4.01. The number of hydrogen-bond acceptors (Lipinski definition) is 6. The van der Waals surface area contributed by atoms with E-state index in [2.05, 4.69) is 68.7 Å². The number of aromatic nitrogens is 6. The average Bonchev–Trinajstić information content (AvgIpc) is 3.53. The van der Waals surface area contributed by atoms with Gasteiger partial charge < -0.3 is 14.7 Å². The fourth-order valence-corrected chi connectivity index (χ4v) is 4.58. The topological polar surface area (TPSA) is 96.9 Å². The number of rotatable bonds is 3. The van der Waals surface area contributed by atoms with E-state index in [-0.39, 0.29) is 0 Å². The molecule has 0 atom stereocenters. The van der Waals surface area contributed by atoms with Gasteiger partial charge in [-0.1, -0.05) is 6.07 Å². The Kier molecular flexibility index (Phi) is 4.14. The monoisotopic (exact) mass is 413 g/mol. The first-order valence-corrected chi connectivity index (χ1v) is 10.6. The van der Waals surface area contributed by atoms with Gasteiger partial charge in [-0.05, 0) is 69.1 Å². The lowest BCUT2D eigenvalue weighted by atomic mass is 9.98. The third-order valence-corrected chi connectivity index (χ3v) is 6.28. The van der Waals surface area contributed by atoms with Gasteiger partial charge in [-0.3, -0.25) is 0 Å². The number of nitrogens with zero attached hydrogens (tertiary/aromatic N) is 5. The average molecular weight is 413 g/mol. The highest BCUT2D eigenvalue weighted by Gasteiger charge is 2.22. The molecule has 0 amide bonds. The lowest BCUT2D eigenvalue weighted by molar-refractivity contribution is 0.378. The van der Waals surface area contributed by atoms with Crippen LogP contribution in [0.25, 0.3) is 39.3 Å². The fourth-order valence-electron chi connectivity index (χ4n) is 4.58. The maximum Gasteiger partial charge on any atom is 0.247 e. The van der Waals surface area contributed by atoms with Gasteiger partial charge in [-0.15, -0.1) is 10.2 Å². The molecule has 2 N–H and O–H groups in total. The molecule has 0 saturated carbocycles. The van der Waals surface area contributed by atoms with Crippen LogP contribution in [0.15, 0.2) is 41.2 Å². The van der Waals surface area contributed by atoms with Crippen LogP contribution in [-0.4, -0.2) is 42.9 Å². The highest BCUT2D eigenvalue weighted by molar-refractivity contribution is 5.92. The van der Waals surface area contributed by atoms with Gasteiger partial charge in [0, 0.05) is 34.1 Å². The number of hydrogen-bond donors (Lipinski definition) is 2. The molecule has 6 rings (SSSR count). The van der Waals surface area contributed by atoms with Crippen molar-refractivity contribution in [3.05, 3.63) is 53.8 Å². The zero-order valence-electron chi connectivity index (χ0n) is 17.5. The third-order valence-electron chi connectivity index (χ3n) is 6.28. The second-order valence-electron chi connectivity index (χ2n) is 8.30. The normalized spacial score (nSPS) is 15.3. The van der Waals surface area contributed by atoms with Gasteiger partial charge in [0.2, 0.25) is 11.8 Å². The molecule has 8 heteroatoms. The second kappa shape index (κ2) is 7.02. The first kappa shape index (κ1) is 18.3. The molecule has 1 aromatic carbocycles. The van der Waals surface area contributed by atoms with E-state index in [0.717, 1.165) is 65.4 Å². The summed E-state index contributed by atoms with van der Waals surface area (Å²) >= 11 is 0. The van der Waals surface area contributed by atoms with Gasteiger partial charge >= 0.3 is 0 Å². The SMILES string of the molecule is Cc1c(-c2cc(C)c3ncnn3c2)[nH]c2cc(-c3nnc(C4CCNCC4)o3)ccc12. The summed E-state index contributed by atoms with van der Waals surface area (Å²) in [4.78, 5) is 7.90. The summed E-state index contributed by atoms with van der Waals surface area (Å²) in [7, 11) is 0. The summed E-state index contributed by atoms with van der Waals surface area (Å²) in [6.07, 6.45) is 5.67. The first-order valence-electron chi connectivity index (χ1n) is 10.6. The standard InChI is InChI=1S/C23H23N7O/c1-13-9-17(11-30-21(13)25-12-26-30)20-14(2)18-4-3-16(10-19(18)27-20)23-29-28-22(31-23)15-5-7-24-8-6-15/h3-4,9-12,15,24,27H,5-8H2,1-2H3. The van der Waals surface area contributed by atoms with Crippen molar-refractivity contribution >= 4 is 16.6 Å². The lowest BCUT2D eigenvalue weighted by Gasteiger charge is -2.18. The number of benzene rings is 1. The molecule has 156 valence electrons. The van der Waals surface area contributed by atoms with Crippen LogP contribution < -0.4 is 5.32 Å². The molecule has 1 aliphatic heterocycles. The Balaban J connectivity index is 1.39. The van der Waals surface area contributed by atoms with Crippen LogP contribution in [0.5, 0.6) is 0 Å². The Hall–Kier alpha value is -3.52. The molecule has 0 spiro atoms. The van der Waals surface area contributed by atoms with Gasteiger partial charge in [0.1, 0.15) is 6.33 Å². The molecule has 1 saturated heterocycles. The number of H-pyrrole nitrogens is 1. The molecule has 0 radical (unpaired) electrons. The van der Waals surface area contributed by atoms with Crippen molar-refractivity contribution in [2.45, 2.75) is 32.6 Å². The molecular formula is C23H23N7O. The molecule has 0 unspecified atom stereocenters. The maximum absolute atomic E-state index is 6.05. The third kappa shape index (κ3) is 3.02. The molecular weight excluding hydrogens is 390 g/mol. The Morgan fingerprint density at radius 2 is 1.94 bits per heavy atom. The van der Waals surface area contributed by atoms with Crippen LogP contribution in [0.3, 0.4) is 0 Å². The van der Waals surface area contributed by atoms with E-state index in [1.165, 1.54) is 10.9 Å². The molecule has 0 aliphatic carbocycles. The molecule has 5 aromatic rings. The van der Waals surface area contributed by atoms with E-state index < -0.39 is 0 Å². The van der Waals surface area contributed by atoms with Gasteiger partial charge in [0.05, 0.1) is 5.69 Å². The Bertz CT molecular complexity index is 1400. The summed E-state index contributed by atoms with van der Waals surface area (Å²) in [5.41, 5.74) is 7.29. The second-order valence-corrected chi connectivity index (χ2v) is 8.30. The molecule has 1 fully saturated rings. The summed E-state index contributed by atoms with van der Waals surface area (Å²) in [6.45, 7) is 6.19.